The molecule has 4 rings (SSSR count). The molecule has 0 atom stereocenters. The van der Waals surface area contributed by atoms with Crippen LogP contribution < -0.4 is 4.90 Å². The monoisotopic (exact) mass is 386 g/mol. The molecule has 9 heteroatoms. The molecule has 3 aromatic rings. The molecule has 0 aliphatic carbocycles. The molecule has 140 valence electrons. The van der Waals surface area contributed by atoms with Gasteiger partial charge in [-0.2, -0.15) is 0 Å². The number of thiophene rings is 1. The van der Waals surface area contributed by atoms with Crippen LogP contribution in [0.25, 0.3) is 10.2 Å². The summed E-state index contributed by atoms with van der Waals surface area (Å²) in [6.07, 6.45) is 1.99. The molecule has 0 radical (unpaired) electrons. The number of anilines is 1. The van der Waals surface area contributed by atoms with Gasteiger partial charge in [-0.05, 0) is 11.4 Å². The first-order valence-electron chi connectivity index (χ1n) is 8.67. The van der Waals surface area contributed by atoms with Crippen LogP contribution in [0.4, 0.5) is 5.82 Å². The van der Waals surface area contributed by atoms with E-state index in [-0.39, 0.29) is 17.2 Å². The molecule has 0 unspecified atom stereocenters. The van der Waals surface area contributed by atoms with E-state index >= 15 is 0 Å². The number of hydrogen-bond donors (Lipinski definition) is 1. The third-order valence-corrected chi connectivity index (χ3v) is 5.50. The van der Waals surface area contributed by atoms with Gasteiger partial charge in [-0.25, -0.2) is 14.8 Å². The van der Waals surface area contributed by atoms with Gasteiger partial charge in [0.1, 0.15) is 28.3 Å². The fraction of sp³-hybridized carbons (Fsp3) is 0.333. The van der Waals surface area contributed by atoms with Gasteiger partial charge in [0.2, 0.25) is 0 Å². The van der Waals surface area contributed by atoms with Gasteiger partial charge in [0.15, 0.2) is 5.76 Å². The molecule has 4 heterocycles. The van der Waals surface area contributed by atoms with E-state index in [1.165, 1.54) is 6.07 Å². The number of carbonyl (C=O) groups excluding carboxylic acids is 1. The summed E-state index contributed by atoms with van der Waals surface area (Å²) in [6.45, 7) is 4.10. The minimum atomic E-state index is -1.08. The molecular weight excluding hydrogens is 368 g/mol. The number of aryl methyl sites for hydroxylation is 1. The van der Waals surface area contributed by atoms with Crippen LogP contribution in [0.1, 0.15) is 33.6 Å². The maximum Gasteiger partial charge on any atom is 0.339 e. The van der Waals surface area contributed by atoms with Crippen molar-refractivity contribution in [3.63, 3.8) is 0 Å². The van der Waals surface area contributed by atoms with Crippen LogP contribution in [0.15, 0.2) is 28.3 Å². The Hall–Kier alpha value is -2.94. The number of hydrogen-bond acceptors (Lipinski definition) is 7. The summed E-state index contributed by atoms with van der Waals surface area (Å²) in [6, 6.07) is 3.34. The Labute approximate surface area is 159 Å². The van der Waals surface area contributed by atoms with Gasteiger partial charge in [0, 0.05) is 38.7 Å². The molecule has 1 amide bonds. The lowest BCUT2D eigenvalue weighted by Crippen LogP contribution is -2.49. The quantitative estimate of drug-likeness (QED) is 0.735. The second kappa shape index (κ2) is 6.99. The topological polar surface area (TPSA) is 99.8 Å². The Bertz CT molecular complexity index is 1000. The Morgan fingerprint density at radius 3 is 2.70 bits per heavy atom. The Kier molecular flexibility index (Phi) is 4.53. The number of furan rings is 1. The minimum Gasteiger partial charge on any atom is -0.478 e. The number of carboxylic acid groups (broad SMARTS) is 1. The van der Waals surface area contributed by atoms with Gasteiger partial charge in [-0.3, -0.25) is 4.79 Å². The first-order valence-corrected chi connectivity index (χ1v) is 9.55. The lowest BCUT2D eigenvalue weighted by Gasteiger charge is -2.35. The fourth-order valence-corrected chi connectivity index (χ4v) is 4.01. The predicted molar refractivity (Wildman–Crippen MR) is 101 cm³/mol. The van der Waals surface area contributed by atoms with E-state index in [9.17, 15) is 14.7 Å². The first-order chi connectivity index (χ1) is 13.1. The number of aromatic nitrogens is 2. The van der Waals surface area contributed by atoms with Gasteiger partial charge in [0.05, 0.1) is 5.39 Å². The number of carboxylic acids is 1. The molecule has 8 nitrogen and oxygen atoms in total. The van der Waals surface area contributed by atoms with E-state index in [0.717, 1.165) is 16.0 Å². The molecule has 1 N–H and O–H groups in total. The van der Waals surface area contributed by atoms with Gasteiger partial charge >= 0.3 is 5.97 Å². The van der Waals surface area contributed by atoms with Crippen molar-refractivity contribution in [3.05, 3.63) is 40.9 Å². The van der Waals surface area contributed by atoms with E-state index < -0.39 is 5.97 Å². The summed E-state index contributed by atoms with van der Waals surface area (Å²) in [5, 5.41) is 12.2. The molecule has 0 spiro atoms. The zero-order valence-electron chi connectivity index (χ0n) is 14.7. The smallest absolute Gasteiger partial charge is 0.339 e. The van der Waals surface area contributed by atoms with E-state index in [1.54, 1.807) is 29.5 Å². The molecule has 1 aliphatic heterocycles. The van der Waals surface area contributed by atoms with E-state index in [1.807, 2.05) is 11.4 Å². The van der Waals surface area contributed by atoms with Crippen LogP contribution in [0.3, 0.4) is 0 Å². The lowest BCUT2D eigenvalue weighted by atomic mass is 10.2. The first kappa shape index (κ1) is 17.5. The maximum absolute atomic E-state index is 12.7. The second-order valence-electron chi connectivity index (χ2n) is 6.22. The number of rotatable bonds is 4. The number of amides is 1. The SMILES string of the molecule is CCc1oc(C(=O)N2CCN(c3ncnc4sccc34)CC2)cc1C(=O)O. The van der Waals surface area contributed by atoms with Crippen LogP contribution in [0.2, 0.25) is 0 Å². The normalized spacial score (nSPS) is 14.7. The number of fused-ring (bicyclic) bond motifs is 1. The Morgan fingerprint density at radius 1 is 1.26 bits per heavy atom. The molecular formula is C18H18N4O4S. The highest BCUT2D eigenvalue weighted by Crippen LogP contribution is 2.27. The number of aromatic carboxylic acids is 1. The molecule has 1 fully saturated rings. The maximum atomic E-state index is 12.7. The summed E-state index contributed by atoms with van der Waals surface area (Å²) >= 11 is 1.57. The van der Waals surface area contributed by atoms with Crippen LogP contribution in [-0.2, 0) is 6.42 Å². The van der Waals surface area contributed by atoms with E-state index in [4.69, 9.17) is 4.42 Å². The largest absolute Gasteiger partial charge is 0.478 e. The molecule has 0 bridgehead atoms. The van der Waals surface area contributed by atoms with Crippen LogP contribution >= 0.6 is 11.3 Å². The van der Waals surface area contributed by atoms with E-state index in [0.29, 0.717) is 38.4 Å². The minimum absolute atomic E-state index is 0.0559. The van der Waals surface area contributed by atoms with E-state index in [2.05, 4.69) is 14.9 Å². The average Bonchev–Trinajstić information content (AvgIpc) is 3.34. The van der Waals surface area contributed by atoms with Crippen molar-refractivity contribution in [2.75, 3.05) is 31.1 Å². The van der Waals surface area contributed by atoms with Crippen molar-refractivity contribution < 1.29 is 19.1 Å². The summed E-state index contributed by atoms with van der Waals surface area (Å²) in [7, 11) is 0. The number of nitrogens with zero attached hydrogens (tertiary/aromatic N) is 4. The molecule has 0 aromatic carbocycles. The van der Waals surface area contributed by atoms with Crippen LogP contribution in [0.5, 0.6) is 0 Å². The van der Waals surface area contributed by atoms with Crippen molar-refractivity contribution in [1.82, 2.24) is 14.9 Å². The Morgan fingerprint density at radius 2 is 2.04 bits per heavy atom. The van der Waals surface area contributed by atoms with Crippen LogP contribution in [-0.4, -0.2) is 58.0 Å². The van der Waals surface area contributed by atoms with Gasteiger partial charge < -0.3 is 19.3 Å². The lowest BCUT2D eigenvalue weighted by molar-refractivity contribution is 0.0690. The predicted octanol–water partition coefficient (Wildman–Crippen LogP) is 2.51. The van der Waals surface area contributed by atoms with Crippen molar-refractivity contribution in [2.24, 2.45) is 0 Å². The highest BCUT2D eigenvalue weighted by molar-refractivity contribution is 7.16. The molecule has 0 saturated carbocycles. The van der Waals surface area contributed by atoms with Crippen LogP contribution in [0, 0.1) is 0 Å². The van der Waals surface area contributed by atoms with Gasteiger partial charge in [-0.15, -0.1) is 11.3 Å². The number of piperazine rings is 1. The van der Waals surface area contributed by atoms with Gasteiger partial charge in [-0.1, -0.05) is 6.92 Å². The summed E-state index contributed by atoms with van der Waals surface area (Å²) < 4.78 is 5.49. The van der Waals surface area contributed by atoms with Crippen molar-refractivity contribution >= 4 is 39.2 Å². The zero-order valence-corrected chi connectivity index (χ0v) is 15.5. The fourth-order valence-electron chi connectivity index (χ4n) is 3.28. The molecule has 27 heavy (non-hydrogen) atoms. The third-order valence-electron chi connectivity index (χ3n) is 4.68. The summed E-state index contributed by atoms with van der Waals surface area (Å²) in [4.78, 5) is 37.4. The van der Waals surface area contributed by atoms with Gasteiger partial charge in [0.25, 0.3) is 5.91 Å². The highest BCUT2D eigenvalue weighted by Gasteiger charge is 2.28. The van der Waals surface area contributed by atoms with Crippen molar-refractivity contribution in [2.45, 2.75) is 13.3 Å². The Balaban J connectivity index is 1.48. The molecule has 3 aromatic heterocycles. The zero-order chi connectivity index (χ0) is 19.0. The van der Waals surface area contributed by atoms with Crippen molar-refractivity contribution in [3.8, 4) is 0 Å². The summed E-state index contributed by atoms with van der Waals surface area (Å²) in [5.41, 5.74) is 0.0559. The van der Waals surface area contributed by atoms with Crippen molar-refractivity contribution in [1.29, 1.82) is 0 Å². The highest BCUT2D eigenvalue weighted by atomic mass is 32.1. The molecule has 1 saturated heterocycles. The third kappa shape index (κ3) is 3.14. The standard InChI is InChI=1S/C18H18N4O4S/c1-2-13-12(18(24)25)9-14(26-13)17(23)22-6-4-21(5-7-22)15-11-3-8-27-16(11)20-10-19-15/h3,8-10H,2,4-7H2,1H3,(H,24,25). The number of carbonyl (C=O) groups is 2. The molecule has 1 aliphatic rings. The summed E-state index contributed by atoms with van der Waals surface area (Å²) in [5.74, 6) is -0.0682. The average molecular weight is 386 g/mol. The second-order valence-corrected chi connectivity index (χ2v) is 7.12.